The van der Waals surface area contributed by atoms with Gasteiger partial charge in [-0.25, -0.2) is 10.1 Å². The van der Waals surface area contributed by atoms with Crippen LogP contribution >= 0.6 is 0 Å². The summed E-state index contributed by atoms with van der Waals surface area (Å²) in [4.78, 5) is 21.8. The number of halogens is 1. The van der Waals surface area contributed by atoms with Crippen LogP contribution < -0.4 is 5.43 Å². The average Bonchev–Trinajstić information content (AvgIpc) is 2.93. The molecule has 0 atom stereocenters. The van der Waals surface area contributed by atoms with Gasteiger partial charge < -0.3 is 0 Å². The lowest BCUT2D eigenvalue weighted by Gasteiger charge is -1.99. The third-order valence-electron chi connectivity index (χ3n) is 3.00. The normalized spacial score (nSPS) is 11.1. The Morgan fingerprint density at radius 3 is 2.70 bits per heavy atom. The van der Waals surface area contributed by atoms with Crippen molar-refractivity contribution in [3.8, 4) is 0 Å². The Morgan fingerprint density at radius 1 is 1.48 bits per heavy atom. The van der Waals surface area contributed by atoms with E-state index >= 15 is 0 Å². The number of hydrazone groups is 1. The van der Waals surface area contributed by atoms with E-state index in [2.05, 4.69) is 20.7 Å². The first-order valence-corrected chi connectivity index (χ1v) is 6.49. The van der Waals surface area contributed by atoms with Crippen LogP contribution in [0.25, 0.3) is 0 Å². The summed E-state index contributed by atoms with van der Waals surface area (Å²) in [6.07, 6.45) is 2.30. The molecule has 2 aromatic heterocycles. The van der Waals surface area contributed by atoms with E-state index in [-0.39, 0.29) is 23.5 Å². The minimum Gasteiger partial charge on any atom is -0.271 e. The summed E-state index contributed by atoms with van der Waals surface area (Å²) in [5.74, 6) is -1.13. The van der Waals surface area contributed by atoms with Crippen molar-refractivity contribution >= 4 is 17.8 Å². The lowest BCUT2D eigenvalue weighted by molar-refractivity contribution is -0.385. The van der Waals surface area contributed by atoms with E-state index in [1.165, 1.54) is 14.0 Å². The molecule has 0 aliphatic carbocycles. The van der Waals surface area contributed by atoms with E-state index < -0.39 is 16.8 Å². The number of aromatic nitrogens is 4. The largest absolute Gasteiger partial charge is 0.309 e. The summed E-state index contributed by atoms with van der Waals surface area (Å²) in [6.45, 7) is 2.83. The molecule has 0 radical (unpaired) electrons. The van der Waals surface area contributed by atoms with Crippen LogP contribution in [0.4, 0.5) is 10.1 Å². The summed E-state index contributed by atoms with van der Waals surface area (Å²) >= 11 is 0. The second-order valence-electron chi connectivity index (χ2n) is 4.76. The summed E-state index contributed by atoms with van der Waals surface area (Å²) < 4.78 is 15.8. The Balaban J connectivity index is 1.99. The molecule has 23 heavy (non-hydrogen) atoms. The van der Waals surface area contributed by atoms with E-state index in [9.17, 15) is 19.3 Å². The number of nitro groups is 1. The van der Waals surface area contributed by atoms with Crippen molar-refractivity contribution in [2.45, 2.75) is 20.4 Å². The van der Waals surface area contributed by atoms with Gasteiger partial charge in [0.25, 0.3) is 5.91 Å². The fourth-order valence-corrected chi connectivity index (χ4v) is 1.91. The van der Waals surface area contributed by atoms with E-state index in [1.54, 1.807) is 6.92 Å². The lowest BCUT2D eigenvalue weighted by atomic mass is 10.3. The average molecular weight is 323 g/mol. The van der Waals surface area contributed by atoms with Gasteiger partial charge in [-0.2, -0.15) is 19.7 Å². The van der Waals surface area contributed by atoms with Crippen molar-refractivity contribution < 1.29 is 14.1 Å². The molecule has 0 saturated heterocycles. The number of carbonyl (C=O) groups is 1. The molecule has 0 unspecified atom stereocenters. The van der Waals surface area contributed by atoms with Crippen LogP contribution in [0.1, 0.15) is 17.0 Å². The maximum atomic E-state index is 13.6. The Morgan fingerprint density at radius 2 is 2.17 bits per heavy atom. The molecule has 11 heteroatoms. The molecule has 2 rings (SSSR count). The maximum absolute atomic E-state index is 13.6. The smallest absolute Gasteiger partial charge is 0.271 e. The topological polar surface area (TPSA) is 120 Å². The number of carbonyl (C=O) groups excluding carboxylic acids is 1. The van der Waals surface area contributed by atoms with Gasteiger partial charge in [-0.15, -0.1) is 0 Å². The van der Waals surface area contributed by atoms with Crippen LogP contribution in [0.15, 0.2) is 11.3 Å². The highest BCUT2D eigenvalue weighted by molar-refractivity contribution is 5.83. The van der Waals surface area contributed by atoms with E-state index in [0.717, 1.165) is 21.8 Å². The first-order chi connectivity index (χ1) is 10.8. The molecule has 2 aromatic rings. The lowest BCUT2D eigenvalue weighted by Crippen LogP contribution is -2.23. The number of nitrogens with one attached hydrogen (secondary N) is 1. The Labute approximate surface area is 129 Å². The van der Waals surface area contributed by atoms with Crippen molar-refractivity contribution in [3.63, 3.8) is 0 Å². The van der Waals surface area contributed by atoms with Crippen LogP contribution in [-0.4, -0.2) is 36.6 Å². The summed E-state index contributed by atoms with van der Waals surface area (Å²) in [5.41, 5.74) is 2.83. The van der Waals surface area contributed by atoms with Gasteiger partial charge in [-0.3, -0.25) is 19.6 Å². The fraction of sp³-hybridized carbons (Fsp3) is 0.333. The zero-order valence-electron chi connectivity index (χ0n) is 12.6. The van der Waals surface area contributed by atoms with Gasteiger partial charge in [0.15, 0.2) is 0 Å². The minimum atomic E-state index is -0.581. The van der Waals surface area contributed by atoms with Crippen LogP contribution in [0.3, 0.4) is 0 Å². The number of hydrogen-bond donors (Lipinski definition) is 1. The summed E-state index contributed by atoms with van der Waals surface area (Å²) in [7, 11) is 1.45. The van der Waals surface area contributed by atoms with Gasteiger partial charge in [0.05, 0.1) is 22.4 Å². The van der Waals surface area contributed by atoms with Crippen molar-refractivity contribution in [1.29, 1.82) is 0 Å². The molecule has 1 amide bonds. The van der Waals surface area contributed by atoms with Gasteiger partial charge in [0.1, 0.15) is 18.4 Å². The van der Waals surface area contributed by atoms with Crippen molar-refractivity contribution in [1.82, 2.24) is 25.0 Å². The van der Waals surface area contributed by atoms with Crippen LogP contribution in [0.2, 0.25) is 0 Å². The second-order valence-corrected chi connectivity index (χ2v) is 4.76. The summed E-state index contributed by atoms with van der Waals surface area (Å²) in [5, 5.41) is 22.1. The van der Waals surface area contributed by atoms with Crippen LogP contribution in [-0.2, 0) is 18.4 Å². The number of nitrogens with zero attached hydrogens (tertiary/aromatic N) is 6. The highest BCUT2D eigenvalue weighted by Crippen LogP contribution is 2.14. The van der Waals surface area contributed by atoms with Crippen molar-refractivity contribution in [3.05, 3.63) is 39.2 Å². The molecule has 10 nitrogen and oxygen atoms in total. The molecule has 2 heterocycles. The number of amides is 1. The third kappa shape index (κ3) is 3.56. The molecule has 0 aliphatic rings. The fourth-order valence-electron chi connectivity index (χ4n) is 1.91. The molecule has 0 bridgehead atoms. The summed E-state index contributed by atoms with van der Waals surface area (Å²) in [6, 6.07) is 0. The second kappa shape index (κ2) is 6.34. The Kier molecular flexibility index (Phi) is 4.48. The van der Waals surface area contributed by atoms with Gasteiger partial charge in [0.2, 0.25) is 5.95 Å². The Bertz CT molecular complexity index is 793. The number of rotatable bonds is 5. The molecule has 0 aromatic carbocycles. The molecule has 0 saturated carbocycles. The van der Waals surface area contributed by atoms with E-state index in [0.29, 0.717) is 5.69 Å². The SMILES string of the molecule is Cc1nn(CC(=O)N/N=C/c2c(C)nn(C)c2F)cc1[N+](=O)[O-]. The molecule has 0 fully saturated rings. The highest BCUT2D eigenvalue weighted by atomic mass is 19.1. The van der Waals surface area contributed by atoms with Gasteiger partial charge in [-0.05, 0) is 13.8 Å². The van der Waals surface area contributed by atoms with Crippen molar-refractivity contribution in [2.75, 3.05) is 0 Å². The first-order valence-electron chi connectivity index (χ1n) is 6.49. The van der Waals surface area contributed by atoms with Crippen LogP contribution in [0.5, 0.6) is 0 Å². The molecule has 0 aliphatic heterocycles. The molecular weight excluding hydrogens is 309 g/mol. The maximum Gasteiger partial charge on any atom is 0.309 e. The predicted octanol–water partition coefficient (Wildman–Crippen LogP) is 0.431. The van der Waals surface area contributed by atoms with Gasteiger partial charge in [0, 0.05) is 7.05 Å². The highest BCUT2D eigenvalue weighted by Gasteiger charge is 2.16. The van der Waals surface area contributed by atoms with E-state index in [4.69, 9.17) is 0 Å². The number of hydrogen-bond acceptors (Lipinski definition) is 6. The van der Waals surface area contributed by atoms with Gasteiger partial charge >= 0.3 is 5.69 Å². The van der Waals surface area contributed by atoms with Gasteiger partial charge in [-0.1, -0.05) is 0 Å². The number of aryl methyl sites for hydroxylation is 3. The van der Waals surface area contributed by atoms with Crippen molar-refractivity contribution in [2.24, 2.45) is 12.1 Å². The quantitative estimate of drug-likeness (QED) is 0.486. The van der Waals surface area contributed by atoms with Crippen LogP contribution in [0, 0.1) is 29.9 Å². The molecule has 122 valence electrons. The first kappa shape index (κ1) is 16.3. The Hall–Kier alpha value is -3.11. The molecular formula is C12H14FN7O3. The predicted molar refractivity (Wildman–Crippen MR) is 77.3 cm³/mol. The standard InChI is InChI=1S/C12H14FN7O3/c1-7-9(12(13)18(3)16-7)4-14-15-11(21)6-19-5-10(20(22)23)8(2)17-19/h4-5H,6H2,1-3H3,(H,15,21)/b14-4+. The molecule has 0 spiro atoms. The monoisotopic (exact) mass is 323 g/mol. The minimum absolute atomic E-state index is 0.165. The zero-order valence-corrected chi connectivity index (χ0v) is 12.6. The van der Waals surface area contributed by atoms with E-state index in [1.807, 2.05) is 0 Å². The molecule has 1 N–H and O–H groups in total. The third-order valence-corrected chi connectivity index (χ3v) is 3.00. The zero-order chi connectivity index (χ0) is 17.1.